The van der Waals surface area contributed by atoms with E-state index in [1.807, 2.05) is 0 Å². The van der Waals surface area contributed by atoms with E-state index in [4.69, 9.17) is 26.8 Å². The molecule has 2 N–H and O–H groups in total. The van der Waals surface area contributed by atoms with Gasteiger partial charge in [0.1, 0.15) is 5.75 Å². The number of benzene rings is 2. The van der Waals surface area contributed by atoms with Crippen LogP contribution in [0, 0.1) is 0 Å². The number of carboxylic acids is 1. The third-order valence-corrected chi connectivity index (χ3v) is 5.02. The molecule has 0 aliphatic carbocycles. The van der Waals surface area contributed by atoms with Crippen molar-refractivity contribution in [1.29, 1.82) is 0 Å². The third-order valence-electron chi connectivity index (χ3n) is 3.72. The number of hydrogen-bond donors (Lipinski definition) is 2. The van der Waals surface area contributed by atoms with E-state index >= 15 is 0 Å². The first-order valence-corrected chi connectivity index (χ1v) is 9.21. The minimum Gasteiger partial charge on any atom is -0.508 e. The van der Waals surface area contributed by atoms with Crippen molar-refractivity contribution in [1.82, 2.24) is 0 Å². The fourth-order valence-corrected chi connectivity index (χ4v) is 3.81. The molecule has 9 heteroatoms. The van der Waals surface area contributed by atoms with Crippen molar-refractivity contribution < 1.29 is 29.3 Å². The minimum atomic E-state index is -1.10. The van der Waals surface area contributed by atoms with Crippen molar-refractivity contribution in [2.75, 3.05) is 18.6 Å². The van der Waals surface area contributed by atoms with Gasteiger partial charge in [-0.15, -0.1) is 0 Å². The fourth-order valence-electron chi connectivity index (χ4n) is 2.51. The Morgan fingerprint density at radius 3 is 2.71 bits per heavy atom. The van der Waals surface area contributed by atoms with E-state index in [1.54, 1.807) is 36.4 Å². The lowest BCUT2D eigenvalue weighted by atomic mass is 10.2. The average molecular weight is 417 g/mol. The maximum absolute atomic E-state index is 12.8. The number of carboxylic acid groups (broad SMARTS) is 1. The first kappa shape index (κ1) is 19.7. The molecule has 7 nitrogen and oxygen atoms in total. The van der Waals surface area contributed by atoms with Crippen LogP contribution < -0.4 is 14.4 Å². The zero-order chi connectivity index (χ0) is 20.3. The molecule has 0 unspecified atom stereocenters. The number of aromatic hydroxyl groups is 1. The summed E-state index contributed by atoms with van der Waals surface area (Å²) in [7, 11) is 1.44. The van der Waals surface area contributed by atoms with E-state index in [0.717, 1.165) is 11.8 Å². The number of carbonyl (C=O) groups excluding carboxylic acids is 1. The first-order chi connectivity index (χ1) is 13.4. The second-order valence-corrected chi connectivity index (χ2v) is 7.31. The van der Waals surface area contributed by atoms with Crippen molar-refractivity contribution in [3.05, 3.63) is 52.9 Å². The summed E-state index contributed by atoms with van der Waals surface area (Å²) < 4.78 is 10.8. The smallest absolute Gasteiger partial charge is 0.341 e. The van der Waals surface area contributed by atoms with Gasteiger partial charge in [0.05, 0.1) is 17.7 Å². The zero-order valence-electron chi connectivity index (χ0n) is 14.6. The van der Waals surface area contributed by atoms with Gasteiger partial charge < -0.3 is 19.7 Å². The highest BCUT2D eigenvalue weighted by molar-refractivity contribution is 8.27. The molecule has 0 aromatic heterocycles. The van der Waals surface area contributed by atoms with E-state index in [2.05, 4.69) is 0 Å². The van der Waals surface area contributed by atoms with Gasteiger partial charge in [-0.25, -0.2) is 4.79 Å². The van der Waals surface area contributed by atoms with Crippen LogP contribution in [0.25, 0.3) is 6.08 Å². The highest BCUT2D eigenvalue weighted by atomic mass is 32.2. The monoisotopic (exact) mass is 417 g/mol. The molecule has 1 fully saturated rings. The molecule has 0 atom stereocenters. The lowest BCUT2D eigenvalue weighted by Gasteiger charge is -2.14. The highest BCUT2D eigenvalue weighted by Crippen LogP contribution is 2.37. The number of phenolic OH excluding ortho intramolecular Hbond substituents is 1. The van der Waals surface area contributed by atoms with Crippen molar-refractivity contribution >= 4 is 51.9 Å². The van der Waals surface area contributed by atoms with Crippen LogP contribution in [-0.2, 0) is 9.59 Å². The summed E-state index contributed by atoms with van der Waals surface area (Å²) in [6.45, 7) is -0.488. The van der Waals surface area contributed by atoms with Crippen LogP contribution in [0.3, 0.4) is 0 Å². The number of hydrogen-bond acceptors (Lipinski definition) is 7. The van der Waals surface area contributed by atoms with Gasteiger partial charge in [-0.05, 0) is 35.9 Å². The van der Waals surface area contributed by atoms with Crippen LogP contribution in [0.2, 0.25) is 0 Å². The second-order valence-electron chi connectivity index (χ2n) is 5.63. The molecular formula is C19H15NO6S2. The number of carbonyl (C=O) groups is 2. The molecule has 144 valence electrons. The topological polar surface area (TPSA) is 96.3 Å². The largest absolute Gasteiger partial charge is 0.508 e. The molecule has 2 aromatic carbocycles. The van der Waals surface area contributed by atoms with Gasteiger partial charge in [0.25, 0.3) is 5.91 Å². The predicted octanol–water partition coefficient (Wildman–Crippen LogP) is 3.27. The molecule has 1 aliphatic rings. The second kappa shape index (κ2) is 8.32. The number of methoxy groups -OCH3 is 1. The van der Waals surface area contributed by atoms with Gasteiger partial charge in [-0.3, -0.25) is 9.69 Å². The molecular weight excluding hydrogens is 402 g/mol. The van der Waals surface area contributed by atoms with Crippen molar-refractivity contribution in [2.24, 2.45) is 0 Å². The Bertz CT molecular complexity index is 988. The van der Waals surface area contributed by atoms with Crippen molar-refractivity contribution in [2.45, 2.75) is 0 Å². The maximum Gasteiger partial charge on any atom is 0.341 e. The van der Waals surface area contributed by atoms with Crippen molar-refractivity contribution in [3.8, 4) is 17.2 Å². The maximum atomic E-state index is 12.8. The number of rotatable bonds is 6. The quantitative estimate of drug-likeness (QED) is 0.546. The number of thioether (sulfide) groups is 1. The Morgan fingerprint density at radius 1 is 1.25 bits per heavy atom. The Morgan fingerprint density at radius 2 is 2.04 bits per heavy atom. The summed E-state index contributed by atoms with van der Waals surface area (Å²) in [5.41, 5.74) is 1.15. The van der Waals surface area contributed by atoms with Crippen LogP contribution in [-0.4, -0.2) is 40.1 Å². The van der Waals surface area contributed by atoms with E-state index in [9.17, 15) is 14.7 Å². The lowest BCUT2D eigenvalue weighted by molar-refractivity contribution is -0.139. The lowest BCUT2D eigenvalue weighted by Crippen LogP contribution is -2.27. The number of phenols is 1. The number of aliphatic carboxylic acids is 1. The molecule has 1 saturated heterocycles. The summed E-state index contributed by atoms with van der Waals surface area (Å²) >= 11 is 6.46. The Balaban J connectivity index is 1.86. The standard InChI is InChI=1S/C19H15NO6S2/c1-25-15-7-11(5-6-14(15)26-10-17(22)23)8-16-18(24)20(19(27)28-16)12-3-2-4-13(21)9-12/h2-9,21H,10H2,1H3,(H,22,23)/b16-8-. The molecule has 0 saturated carbocycles. The highest BCUT2D eigenvalue weighted by Gasteiger charge is 2.33. The predicted molar refractivity (Wildman–Crippen MR) is 110 cm³/mol. The van der Waals surface area contributed by atoms with Gasteiger partial charge in [0, 0.05) is 6.07 Å². The number of anilines is 1. The molecule has 0 bridgehead atoms. The van der Waals surface area contributed by atoms with Gasteiger partial charge in [-0.1, -0.05) is 36.1 Å². The number of amides is 1. The molecule has 0 spiro atoms. The summed E-state index contributed by atoms with van der Waals surface area (Å²) in [6, 6.07) is 11.2. The number of nitrogens with zero attached hydrogens (tertiary/aromatic N) is 1. The van der Waals surface area contributed by atoms with E-state index in [0.29, 0.717) is 26.2 Å². The van der Waals surface area contributed by atoms with E-state index in [1.165, 1.54) is 24.1 Å². The van der Waals surface area contributed by atoms with Crippen LogP contribution in [0.4, 0.5) is 5.69 Å². The summed E-state index contributed by atoms with van der Waals surface area (Å²) in [5.74, 6) is -0.724. The molecule has 1 aliphatic heterocycles. The molecule has 1 amide bonds. The van der Waals surface area contributed by atoms with Crippen molar-refractivity contribution in [3.63, 3.8) is 0 Å². The first-order valence-electron chi connectivity index (χ1n) is 7.98. The Hall–Kier alpha value is -3.04. The molecule has 0 radical (unpaired) electrons. The van der Waals surface area contributed by atoms with Gasteiger partial charge in [0.15, 0.2) is 22.4 Å². The Labute approximate surface area is 170 Å². The van der Waals surface area contributed by atoms with Crippen LogP contribution in [0.1, 0.15) is 5.56 Å². The third kappa shape index (κ3) is 4.26. The van der Waals surface area contributed by atoms with Gasteiger partial charge in [-0.2, -0.15) is 0 Å². The molecule has 1 heterocycles. The average Bonchev–Trinajstić information content (AvgIpc) is 2.93. The Kier molecular flexibility index (Phi) is 5.86. The molecule has 3 rings (SSSR count). The summed E-state index contributed by atoms with van der Waals surface area (Å²) in [6.07, 6.45) is 1.66. The van der Waals surface area contributed by atoms with Crippen LogP contribution in [0.5, 0.6) is 17.2 Å². The van der Waals surface area contributed by atoms with E-state index in [-0.39, 0.29) is 17.4 Å². The van der Waals surface area contributed by atoms with Crippen LogP contribution in [0.15, 0.2) is 47.4 Å². The normalized spacial score (nSPS) is 15.2. The fraction of sp³-hybridized carbons (Fsp3) is 0.105. The molecule has 28 heavy (non-hydrogen) atoms. The van der Waals surface area contributed by atoms with E-state index < -0.39 is 12.6 Å². The number of thiocarbonyl (C=S) groups is 1. The minimum absolute atomic E-state index is 0.0391. The molecule has 2 aromatic rings. The summed E-state index contributed by atoms with van der Waals surface area (Å²) in [4.78, 5) is 25.2. The zero-order valence-corrected chi connectivity index (χ0v) is 16.3. The van der Waals surface area contributed by atoms with Crippen LogP contribution >= 0.6 is 24.0 Å². The SMILES string of the molecule is COc1cc(/C=C2\SC(=S)N(c3cccc(O)c3)C2=O)ccc1OCC(=O)O. The number of ether oxygens (including phenoxy) is 2. The summed E-state index contributed by atoms with van der Waals surface area (Å²) in [5, 5.41) is 18.4. The van der Waals surface area contributed by atoms with Gasteiger partial charge >= 0.3 is 5.97 Å². The van der Waals surface area contributed by atoms with Gasteiger partial charge in [0.2, 0.25) is 0 Å².